The van der Waals surface area contributed by atoms with Crippen LogP contribution in [0, 0.1) is 0 Å². The van der Waals surface area contributed by atoms with Crippen LogP contribution >= 0.6 is 0 Å². The Morgan fingerprint density at radius 3 is 2.55 bits per heavy atom. The molecule has 20 heavy (non-hydrogen) atoms. The van der Waals surface area contributed by atoms with E-state index in [1.165, 1.54) is 11.1 Å². The van der Waals surface area contributed by atoms with Gasteiger partial charge in [-0.1, -0.05) is 42.5 Å². The van der Waals surface area contributed by atoms with Gasteiger partial charge in [-0.2, -0.15) is 0 Å². The van der Waals surface area contributed by atoms with E-state index >= 15 is 0 Å². The van der Waals surface area contributed by atoms with Crippen LogP contribution in [0.15, 0.2) is 54.6 Å². The summed E-state index contributed by atoms with van der Waals surface area (Å²) in [7, 11) is 0. The number of nitrogens with one attached hydrogen (secondary N) is 1. The highest BCUT2D eigenvalue weighted by molar-refractivity contribution is 5.26. The van der Waals surface area contributed by atoms with E-state index in [4.69, 9.17) is 0 Å². The molecule has 0 aromatic heterocycles. The zero-order chi connectivity index (χ0) is 13.8. The van der Waals surface area contributed by atoms with Crippen LogP contribution < -0.4 is 5.32 Å². The van der Waals surface area contributed by atoms with E-state index in [1.807, 2.05) is 12.1 Å². The summed E-state index contributed by atoms with van der Waals surface area (Å²) in [6.45, 7) is 3.98. The van der Waals surface area contributed by atoms with Crippen molar-refractivity contribution in [2.45, 2.75) is 12.6 Å². The Morgan fingerprint density at radius 1 is 1.05 bits per heavy atom. The van der Waals surface area contributed by atoms with Gasteiger partial charge in [0.15, 0.2) is 0 Å². The number of nitrogens with zero attached hydrogens (tertiary/aromatic N) is 1. The molecule has 3 nitrogen and oxygen atoms in total. The first-order valence-electron chi connectivity index (χ1n) is 7.10. The summed E-state index contributed by atoms with van der Waals surface area (Å²) in [5.74, 6) is 0.327. The maximum absolute atomic E-state index is 9.37. The molecule has 1 fully saturated rings. The highest BCUT2D eigenvalue weighted by atomic mass is 16.3. The molecule has 1 saturated heterocycles. The number of benzene rings is 2. The van der Waals surface area contributed by atoms with Crippen molar-refractivity contribution >= 4 is 0 Å². The Labute approximate surface area is 119 Å². The van der Waals surface area contributed by atoms with Crippen LogP contribution in [0.1, 0.15) is 17.2 Å². The van der Waals surface area contributed by atoms with Crippen molar-refractivity contribution in [1.82, 2.24) is 10.2 Å². The van der Waals surface area contributed by atoms with Gasteiger partial charge in [0.25, 0.3) is 0 Å². The first kappa shape index (κ1) is 13.2. The SMILES string of the molecule is Oc1ccc(CN2CCNCC2c2ccccc2)cc1. The number of rotatable bonds is 3. The van der Waals surface area contributed by atoms with Gasteiger partial charge in [-0.05, 0) is 23.3 Å². The minimum absolute atomic E-state index is 0.327. The van der Waals surface area contributed by atoms with Crippen molar-refractivity contribution < 1.29 is 5.11 Å². The minimum Gasteiger partial charge on any atom is -0.508 e. The first-order chi connectivity index (χ1) is 9.83. The van der Waals surface area contributed by atoms with Crippen LogP contribution in [-0.4, -0.2) is 29.6 Å². The maximum atomic E-state index is 9.37. The van der Waals surface area contributed by atoms with Crippen molar-refractivity contribution in [3.63, 3.8) is 0 Å². The van der Waals surface area contributed by atoms with Crippen molar-refractivity contribution in [3.8, 4) is 5.75 Å². The van der Waals surface area contributed by atoms with E-state index in [9.17, 15) is 5.11 Å². The largest absolute Gasteiger partial charge is 0.508 e. The molecular weight excluding hydrogens is 248 g/mol. The molecule has 0 spiro atoms. The fraction of sp³-hybridized carbons (Fsp3) is 0.294. The molecule has 1 aliphatic heterocycles. The van der Waals surface area contributed by atoms with Crippen molar-refractivity contribution in [2.24, 2.45) is 0 Å². The highest BCUT2D eigenvalue weighted by Gasteiger charge is 2.23. The molecule has 0 radical (unpaired) electrons. The van der Waals surface area contributed by atoms with Crippen molar-refractivity contribution in [1.29, 1.82) is 0 Å². The standard InChI is InChI=1S/C17H20N2O/c20-16-8-6-14(7-9-16)13-19-11-10-18-12-17(19)15-4-2-1-3-5-15/h1-9,17-18,20H,10-13H2. The van der Waals surface area contributed by atoms with E-state index in [0.29, 0.717) is 11.8 Å². The summed E-state index contributed by atoms with van der Waals surface area (Å²) >= 11 is 0. The third-order valence-electron chi connectivity index (χ3n) is 3.86. The normalized spacial score (nSPS) is 19.9. The molecule has 0 bridgehead atoms. The van der Waals surface area contributed by atoms with Gasteiger partial charge in [-0.15, -0.1) is 0 Å². The monoisotopic (exact) mass is 268 g/mol. The fourth-order valence-electron chi connectivity index (χ4n) is 2.78. The van der Waals surface area contributed by atoms with Crippen LogP contribution in [0.25, 0.3) is 0 Å². The average molecular weight is 268 g/mol. The van der Waals surface area contributed by atoms with Gasteiger partial charge in [-0.25, -0.2) is 0 Å². The molecule has 2 aromatic rings. The number of aromatic hydroxyl groups is 1. The summed E-state index contributed by atoms with van der Waals surface area (Å²) < 4.78 is 0. The Hall–Kier alpha value is -1.84. The summed E-state index contributed by atoms with van der Waals surface area (Å²) in [4.78, 5) is 2.50. The highest BCUT2D eigenvalue weighted by Crippen LogP contribution is 2.24. The molecule has 2 N–H and O–H groups in total. The number of phenolic OH excluding ortho intramolecular Hbond substituents is 1. The Balaban J connectivity index is 1.77. The lowest BCUT2D eigenvalue weighted by Crippen LogP contribution is -2.45. The molecule has 1 atom stereocenters. The molecule has 1 heterocycles. The summed E-state index contributed by atoms with van der Waals surface area (Å²) in [5.41, 5.74) is 2.60. The van der Waals surface area contributed by atoms with Gasteiger partial charge < -0.3 is 10.4 Å². The predicted octanol–water partition coefficient (Wildman–Crippen LogP) is 2.54. The third-order valence-corrected chi connectivity index (χ3v) is 3.86. The van der Waals surface area contributed by atoms with E-state index in [1.54, 1.807) is 12.1 Å². The Kier molecular flexibility index (Phi) is 4.00. The van der Waals surface area contributed by atoms with Gasteiger partial charge >= 0.3 is 0 Å². The van der Waals surface area contributed by atoms with E-state index in [2.05, 4.69) is 40.5 Å². The summed E-state index contributed by atoms with van der Waals surface area (Å²) in [6.07, 6.45) is 0. The molecule has 1 unspecified atom stereocenters. The molecule has 0 aliphatic carbocycles. The Bertz CT molecular complexity index is 539. The lowest BCUT2D eigenvalue weighted by atomic mass is 10.0. The molecule has 0 saturated carbocycles. The zero-order valence-electron chi connectivity index (χ0n) is 11.5. The van der Waals surface area contributed by atoms with Crippen molar-refractivity contribution in [2.75, 3.05) is 19.6 Å². The minimum atomic E-state index is 0.327. The number of piperazine rings is 1. The lowest BCUT2D eigenvalue weighted by molar-refractivity contribution is 0.153. The average Bonchev–Trinajstić information content (AvgIpc) is 2.51. The van der Waals surface area contributed by atoms with Crippen LogP contribution in [0.5, 0.6) is 5.75 Å². The number of phenols is 1. The van der Waals surface area contributed by atoms with Crippen LogP contribution in [0.2, 0.25) is 0 Å². The van der Waals surface area contributed by atoms with E-state index in [0.717, 1.165) is 26.2 Å². The van der Waals surface area contributed by atoms with Crippen molar-refractivity contribution in [3.05, 3.63) is 65.7 Å². The summed E-state index contributed by atoms with van der Waals surface area (Å²) in [5, 5.41) is 12.8. The van der Waals surface area contributed by atoms with E-state index in [-0.39, 0.29) is 0 Å². The van der Waals surface area contributed by atoms with Gasteiger partial charge in [0.05, 0.1) is 0 Å². The molecule has 104 valence electrons. The maximum Gasteiger partial charge on any atom is 0.115 e. The Morgan fingerprint density at radius 2 is 1.80 bits per heavy atom. The van der Waals surface area contributed by atoms with Gasteiger partial charge in [-0.3, -0.25) is 4.90 Å². The molecule has 3 rings (SSSR count). The quantitative estimate of drug-likeness (QED) is 0.898. The second-order valence-corrected chi connectivity index (χ2v) is 5.27. The smallest absolute Gasteiger partial charge is 0.115 e. The van der Waals surface area contributed by atoms with Gasteiger partial charge in [0.1, 0.15) is 5.75 Å². The van der Waals surface area contributed by atoms with Crippen LogP contribution in [-0.2, 0) is 6.54 Å². The third kappa shape index (κ3) is 3.00. The second kappa shape index (κ2) is 6.07. The molecular formula is C17H20N2O. The molecule has 0 amide bonds. The first-order valence-corrected chi connectivity index (χ1v) is 7.10. The summed E-state index contributed by atoms with van der Waals surface area (Å²) in [6, 6.07) is 18.6. The molecule has 3 heteroatoms. The number of hydrogen-bond acceptors (Lipinski definition) is 3. The van der Waals surface area contributed by atoms with Gasteiger partial charge in [0.2, 0.25) is 0 Å². The second-order valence-electron chi connectivity index (χ2n) is 5.27. The zero-order valence-corrected chi connectivity index (χ0v) is 11.5. The predicted molar refractivity (Wildman–Crippen MR) is 80.6 cm³/mol. The number of hydrogen-bond donors (Lipinski definition) is 2. The topological polar surface area (TPSA) is 35.5 Å². The van der Waals surface area contributed by atoms with Crippen LogP contribution in [0.3, 0.4) is 0 Å². The molecule has 2 aromatic carbocycles. The lowest BCUT2D eigenvalue weighted by Gasteiger charge is -2.36. The van der Waals surface area contributed by atoms with Gasteiger partial charge in [0, 0.05) is 32.2 Å². The van der Waals surface area contributed by atoms with Crippen LogP contribution in [0.4, 0.5) is 0 Å². The molecule has 1 aliphatic rings. The fourth-order valence-corrected chi connectivity index (χ4v) is 2.78. The van der Waals surface area contributed by atoms with E-state index < -0.39 is 0 Å².